The Labute approximate surface area is 513 Å². The van der Waals surface area contributed by atoms with Crippen LogP contribution in [0, 0.1) is 55.4 Å². The van der Waals surface area contributed by atoms with Crippen molar-refractivity contribution in [2.24, 2.45) is 19.8 Å². The summed E-state index contributed by atoms with van der Waals surface area (Å²) in [5.74, 6) is 1.18. The standard InChI is InChI=1S/C17H19NO3.C16H16O4.C10H15NO3.C9H12O4.C9H12O2.C2H6.CH5N.2CH4.ClH/c1-10-11(2)18(4)14-12(3)20-17(21-16(14)15(10)19)13-8-6-5-7-9-13;1-9-10(2)18-14-11(3)19-16(20-15(14)13(9)17)12-7-5-4-6-8-12;1-5-6(2)11(4)8(7(3)12)10(14)9(5)13;1-4-6(3)13-9(5(2)10)8(12)7(4)11;1-10-9(11-2)8-6-4-3-5-7-8;2*1-2;;;/h5-9,12,17H,1-4H3;4-8,11,16H,1-3H3;7,12,14H,1-4H3;5,10,12H,1-3H3;3-7,9H,1-2H3;1-2H3;2H2,1H3;2*1H4;1H. The predicted octanol–water partition coefficient (Wildman–Crippen LogP) is 9.06. The van der Waals surface area contributed by atoms with Gasteiger partial charge in [0.15, 0.2) is 35.0 Å². The van der Waals surface area contributed by atoms with Crippen LogP contribution in [0.3, 0.4) is 0 Å². The average Bonchev–Trinajstić information content (AvgIpc) is 3.14. The van der Waals surface area contributed by atoms with Crippen LogP contribution in [0.15, 0.2) is 114 Å². The highest BCUT2D eigenvalue weighted by molar-refractivity contribution is 5.46. The van der Waals surface area contributed by atoms with E-state index in [1.54, 1.807) is 67.4 Å². The Kier molecular flexibility index (Phi) is 33.5. The number of nitrogens with zero attached hydrogens (tertiary/aromatic N) is 2. The third-order valence-electron chi connectivity index (χ3n) is 13.8. The van der Waals surface area contributed by atoms with E-state index in [0.717, 1.165) is 39.3 Å². The normalized spacial score (nSPS) is 15.5. The molecule has 4 aromatic heterocycles. The zero-order valence-corrected chi connectivity index (χ0v) is 52.5. The molecule has 3 aromatic carbocycles. The lowest BCUT2D eigenvalue weighted by Crippen LogP contribution is -3.00. The zero-order chi connectivity index (χ0) is 62.7. The second-order valence-corrected chi connectivity index (χ2v) is 19.1. The van der Waals surface area contributed by atoms with E-state index in [2.05, 4.69) is 5.73 Å². The molecule has 6 atom stereocenters. The molecule has 19 nitrogen and oxygen atoms in total. The number of benzene rings is 3. The topological polar surface area (TPSA) is 269 Å². The van der Waals surface area contributed by atoms with Crippen molar-refractivity contribution < 1.29 is 79.8 Å². The van der Waals surface area contributed by atoms with E-state index in [9.17, 15) is 34.8 Å². The van der Waals surface area contributed by atoms with Gasteiger partial charge in [-0.2, -0.15) is 4.57 Å². The van der Waals surface area contributed by atoms with E-state index in [1.165, 1.54) is 14.0 Å². The van der Waals surface area contributed by atoms with E-state index in [-0.39, 0.29) is 79.6 Å². The Morgan fingerprint density at radius 2 is 1.00 bits per heavy atom. The summed E-state index contributed by atoms with van der Waals surface area (Å²) in [6.45, 7) is 24.8. The van der Waals surface area contributed by atoms with Crippen LogP contribution in [0.2, 0.25) is 0 Å². The lowest BCUT2D eigenvalue weighted by Gasteiger charge is -2.33. The molecule has 6 unspecified atom stereocenters. The highest BCUT2D eigenvalue weighted by atomic mass is 35.5. The van der Waals surface area contributed by atoms with Gasteiger partial charge in [-0.3, -0.25) is 14.4 Å². The van der Waals surface area contributed by atoms with Crippen molar-refractivity contribution in [3.8, 4) is 28.7 Å². The Morgan fingerprint density at radius 1 is 0.581 bits per heavy atom. The molecule has 0 radical (unpaired) electrons. The minimum absolute atomic E-state index is 0. The summed E-state index contributed by atoms with van der Waals surface area (Å²) in [5.41, 5.74) is 11.8. The number of aliphatic hydroxyl groups excluding tert-OH is 2. The molecule has 86 heavy (non-hydrogen) atoms. The van der Waals surface area contributed by atoms with Crippen molar-refractivity contribution in [1.29, 1.82) is 0 Å². The minimum atomic E-state index is -0.980. The van der Waals surface area contributed by atoms with Gasteiger partial charge in [0.05, 0.1) is 11.3 Å². The molecule has 0 amide bonds. The number of halogens is 1. The molecule has 20 heteroatoms. The summed E-state index contributed by atoms with van der Waals surface area (Å²) in [4.78, 5) is 36.1. The van der Waals surface area contributed by atoms with Gasteiger partial charge in [0, 0.05) is 67.3 Å². The molecule has 0 fully saturated rings. The van der Waals surface area contributed by atoms with Crippen LogP contribution in [0.1, 0.15) is 184 Å². The fourth-order valence-electron chi connectivity index (χ4n) is 8.54. The maximum absolute atomic E-state index is 12.5. The highest BCUT2D eigenvalue weighted by Crippen LogP contribution is 2.40. The Morgan fingerprint density at radius 3 is 1.45 bits per heavy atom. The maximum atomic E-state index is 12.5. The van der Waals surface area contributed by atoms with Crippen molar-refractivity contribution >= 4 is 0 Å². The van der Waals surface area contributed by atoms with E-state index < -0.39 is 36.0 Å². The molecule has 0 saturated carbocycles. The number of hydrogen-bond donors (Lipinski definition) is 6. The number of pyridine rings is 2. The van der Waals surface area contributed by atoms with Crippen LogP contribution in [0.4, 0.5) is 0 Å². The lowest BCUT2D eigenvalue weighted by molar-refractivity contribution is -0.689. The zero-order valence-electron chi connectivity index (χ0n) is 51.8. The predicted molar refractivity (Wildman–Crippen MR) is 330 cm³/mol. The first-order chi connectivity index (χ1) is 39.3. The van der Waals surface area contributed by atoms with Crippen LogP contribution in [0.5, 0.6) is 28.7 Å². The molecular weight excluding hydrogens is 1130 g/mol. The van der Waals surface area contributed by atoms with Crippen LogP contribution < -0.4 is 48.5 Å². The summed E-state index contributed by atoms with van der Waals surface area (Å²) >= 11 is 0. The Bertz CT molecular complexity index is 3350. The average molecular weight is 1220 g/mol. The third kappa shape index (κ3) is 18.8. The van der Waals surface area contributed by atoms with Crippen molar-refractivity contribution in [3.63, 3.8) is 0 Å². The van der Waals surface area contributed by atoms with Gasteiger partial charge in [0.1, 0.15) is 43.0 Å². The van der Waals surface area contributed by atoms with Gasteiger partial charge < -0.3 is 85.5 Å². The number of nitrogens with two attached hydrogens (primary N) is 1. The van der Waals surface area contributed by atoms with Gasteiger partial charge in [0.25, 0.3) is 5.69 Å². The van der Waals surface area contributed by atoms with Gasteiger partial charge in [-0.05, 0) is 83.2 Å². The van der Waals surface area contributed by atoms with Crippen molar-refractivity contribution in [2.75, 3.05) is 21.3 Å². The maximum Gasteiger partial charge on any atom is 0.255 e. The summed E-state index contributed by atoms with van der Waals surface area (Å²) in [7, 11) is 8.43. The first-order valence-electron chi connectivity index (χ1n) is 27.2. The largest absolute Gasteiger partial charge is 1.00 e. The number of aryl methyl sites for hydroxylation is 2. The summed E-state index contributed by atoms with van der Waals surface area (Å²) in [6, 6.07) is 29.1. The van der Waals surface area contributed by atoms with Gasteiger partial charge in [0.2, 0.25) is 46.1 Å². The fourth-order valence-corrected chi connectivity index (χ4v) is 8.54. The number of aromatic hydroxyl groups is 3. The number of aliphatic hydroxyl groups is 2. The highest BCUT2D eigenvalue weighted by Gasteiger charge is 2.34. The van der Waals surface area contributed by atoms with Crippen molar-refractivity contribution in [3.05, 3.63) is 206 Å². The number of methoxy groups -OCH3 is 2. The smallest absolute Gasteiger partial charge is 0.255 e. The number of fused-ring (bicyclic) bond motifs is 2. The minimum Gasteiger partial charge on any atom is -1.00 e. The molecule has 0 bridgehead atoms. The molecule has 476 valence electrons. The number of rotatable bonds is 7. The molecule has 9 rings (SSSR count). The van der Waals surface area contributed by atoms with Crippen LogP contribution in [-0.2, 0) is 33.0 Å². The van der Waals surface area contributed by atoms with Gasteiger partial charge in [-0.25, -0.2) is 0 Å². The molecule has 2 aliphatic rings. The monoisotopic (exact) mass is 1220 g/mol. The van der Waals surface area contributed by atoms with E-state index >= 15 is 0 Å². The fraction of sp³-hybridized carbons (Fsp3) is 0.424. The first-order valence-corrected chi connectivity index (χ1v) is 27.2. The van der Waals surface area contributed by atoms with Crippen LogP contribution >= 0.6 is 0 Å². The molecule has 7 N–H and O–H groups in total. The number of ether oxygens (including phenoxy) is 6. The van der Waals surface area contributed by atoms with E-state index in [0.29, 0.717) is 45.4 Å². The third-order valence-corrected chi connectivity index (χ3v) is 13.8. The van der Waals surface area contributed by atoms with E-state index in [1.807, 2.05) is 151 Å². The van der Waals surface area contributed by atoms with Gasteiger partial charge in [-0.1, -0.05) is 120 Å². The molecule has 2 aliphatic heterocycles. The summed E-state index contributed by atoms with van der Waals surface area (Å²) in [5, 5.41) is 47.1. The van der Waals surface area contributed by atoms with Crippen molar-refractivity contribution in [1.82, 2.24) is 4.57 Å². The van der Waals surface area contributed by atoms with Gasteiger partial charge in [-0.15, -0.1) is 0 Å². The SMILES string of the molecule is C.C.CC.CN.COC(OC)c1ccccc1.Cc1c(C)n(C)c2c(c1=O)OC(c1ccccc1)OC2C.Cc1c(O)c(O)c(C(C)O)[n+](C)c1C.Cc1oc(C(C)O)c(O)c(=O)c1C.Cc1oc2c(c(=O)c1C)OC(c1ccccc1)OC2C.[Cl-]. The quantitative estimate of drug-likeness (QED) is 0.0642. The number of hydrogen-bond acceptors (Lipinski definition) is 17. The Hall–Kier alpha value is -7.33. The molecule has 0 spiro atoms. The second-order valence-electron chi connectivity index (χ2n) is 19.1. The Balaban J connectivity index is 0.00000105. The van der Waals surface area contributed by atoms with Crippen LogP contribution in [0.25, 0.3) is 0 Å². The summed E-state index contributed by atoms with van der Waals surface area (Å²) < 4.78 is 47.9. The molecule has 0 saturated heterocycles. The molecular formula is C66H94ClN3O16. The lowest BCUT2D eigenvalue weighted by atomic mass is 10.1. The number of aromatic nitrogens is 2. The second kappa shape index (κ2) is 36.6. The van der Waals surface area contributed by atoms with Crippen molar-refractivity contribution in [2.45, 2.75) is 155 Å². The summed E-state index contributed by atoms with van der Waals surface area (Å²) in [6.07, 6.45) is -3.67. The first kappa shape index (κ1) is 78.7. The molecule has 7 aromatic rings. The van der Waals surface area contributed by atoms with Crippen LogP contribution in [-0.4, -0.2) is 51.4 Å². The van der Waals surface area contributed by atoms with Gasteiger partial charge >= 0.3 is 0 Å². The molecule has 0 aliphatic carbocycles. The van der Waals surface area contributed by atoms with E-state index in [4.69, 9.17) is 42.4 Å². The molecule has 6 heterocycles.